The Balaban J connectivity index is 1.94. The Morgan fingerprint density at radius 1 is 1.13 bits per heavy atom. The molecule has 158 valence electrons. The molecule has 4 rings (SSSR count). The highest BCUT2D eigenvalue weighted by atomic mass is 35.5. The first-order valence-electron chi connectivity index (χ1n) is 9.59. The largest absolute Gasteiger partial charge is 0.463 e. The summed E-state index contributed by atoms with van der Waals surface area (Å²) in [6.45, 7) is 3.72. The Hall–Kier alpha value is -2.67. The van der Waals surface area contributed by atoms with E-state index in [1.54, 1.807) is 60.9 Å². The van der Waals surface area contributed by atoms with E-state index in [1.165, 1.54) is 11.3 Å². The monoisotopic (exact) mass is 472 g/mol. The molecule has 5 nitrogen and oxygen atoms in total. The van der Waals surface area contributed by atoms with Gasteiger partial charge in [0.15, 0.2) is 4.80 Å². The molecule has 1 aliphatic rings. The normalized spacial score (nSPS) is 16.1. The van der Waals surface area contributed by atoms with E-state index in [0.29, 0.717) is 30.6 Å². The molecule has 0 spiro atoms. The average Bonchev–Trinajstić information content (AvgIpc) is 3.04. The van der Waals surface area contributed by atoms with Crippen LogP contribution in [-0.2, 0) is 9.53 Å². The van der Waals surface area contributed by atoms with Crippen LogP contribution in [-0.4, -0.2) is 17.1 Å². The van der Waals surface area contributed by atoms with Crippen molar-refractivity contribution >= 4 is 46.6 Å². The number of carbonyl (C=O) groups excluding carboxylic acids is 1. The zero-order valence-electron chi connectivity index (χ0n) is 16.8. The zero-order valence-corrected chi connectivity index (χ0v) is 19.1. The fourth-order valence-corrected chi connectivity index (χ4v) is 4.76. The predicted molar refractivity (Wildman–Crippen MR) is 123 cm³/mol. The average molecular weight is 473 g/mol. The van der Waals surface area contributed by atoms with Crippen LogP contribution in [0.5, 0.6) is 0 Å². The molecule has 0 unspecified atom stereocenters. The van der Waals surface area contributed by atoms with Gasteiger partial charge in [-0.3, -0.25) is 9.36 Å². The number of esters is 1. The highest BCUT2D eigenvalue weighted by molar-refractivity contribution is 7.07. The van der Waals surface area contributed by atoms with E-state index in [4.69, 9.17) is 27.9 Å². The second kappa shape index (κ2) is 8.83. The number of thiazole rings is 1. The van der Waals surface area contributed by atoms with Gasteiger partial charge >= 0.3 is 5.97 Å². The summed E-state index contributed by atoms with van der Waals surface area (Å²) >= 11 is 13.3. The van der Waals surface area contributed by atoms with Crippen LogP contribution in [0.1, 0.15) is 31.0 Å². The number of hydrogen-bond acceptors (Lipinski definition) is 5. The first-order valence-corrected chi connectivity index (χ1v) is 11.2. The van der Waals surface area contributed by atoms with Crippen molar-refractivity contribution in [2.75, 3.05) is 6.61 Å². The summed E-state index contributed by atoms with van der Waals surface area (Å²) in [6.07, 6.45) is 1.79. The highest BCUT2D eigenvalue weighted by Gasteiger charge is 2.33. The second-order valence-corrected chi connectivity index (χ2v) is 8.79. The van der Waals surface area contributed by atoms with Gasteiger partial charge in [0, 0.05) is 10.0 Å². The van der Waals surface area contributed by atoms with Crippen molar-refractivity contribution in [3.8, 4) is 0 Å². The molecule has 0 saturated carbocycles. The molecule has 31 heavy (non-hydrogen) atoms. The Morgan fingerprint density at radius 3 is 2.35 bits per heavy atom. The summed E-state index contributed by atoms with van der Waals surface area (Å²) in [4.78, 5) is 31.3. The third-order valence-corrected chi connectivity index (χ3v) is 6.36. The van der Waals surface area contributed by atoms with Crippen molar-refractivity contribution < 1.29 is 9.53 Å². The fourth-order valence-electron chi connectivity index (χ4n) is 3.46. The topological polar surface area (TPSA) is 60.7 Å². The van der Waals surface area contributed by atoms with Gasteiger partial charge in [-0.05, 0) is 55.3 Å². The second-order valence-electron chi connectivity index (χ2n) is 6.91. The van der Waals surface area contributed by atoms with Crippen LogP contribution in [0.25, 0.3) is 6.08 Å². The molecule has 8 heteroatoms. The van der Waals surface area contributed by atoms with Crippen molar-refractivity contribution in [2.45, 2.75) is 19.9 Å². The van der Waals surface area contributed by atoms with Gasteiger partial charge in [-0.2, -0.15) is 0 Å². The molecule has 0 aliphatic carbocycles. The number of rotatable bonds is 4. The van der Waals surface area contributed by atoms with Crippen LogP contribution >= 0.6 is 34.5 Å². The maximum Gasteiger partial charge on any atom is 0.338 e. The molecule has 1 atom stereocenters. The van der Waals surface area contributed by atoms with Gasteiger partial charge in [-0.25, -0.2) is 9.79 Å². The molecule has 2 aromatic carbocycles. The van der Waals surface area contributed by atoms with Crippen molar-refractivity contribution in [3.63, 3.8) is 0 Å². The van der Waals surface area contributed by atoms with Crippen LogP contribution in [0.4, 0.5) is 0 Å². The maximum absolute atomic E-state index is 13.4. The Kier molecular flexibility index (Phi) is 6.14. The van der Waals surface area contributed by atoms with Crippen LogP contribution in [0, 0.1) is 0 Å². The van der Waals surface area contributed by atoms with E-state index in [9.17, 15) is 9.59 Å². The first kappa shape index (κ1) is 21.6. The number of carbonyl (C=O) groups is 1. The summed E-state index contributed by atoms with van der Waals surface area (Å²) < 4.78 is 7.34. The molecule has 3 aromatic rings. The van der Waals surface area contributed by atoms with Gasteiger partial charge < -0.3 is 4.74 Å². The van der Waals surface area contributed by atoms with Crippen molar-refractivity contribution in [2.24, 2.45) is 4.99 Å². The van der Waals surface area contributed by atoms with Crippen LogP contribution in [0.2, 0.25) is 10.0 Å². The Morgan fingerprint density at radius 2 is 1.74 bits per heavy atom. The molecule has 0 saturated heterocycles. The summed E-state index contributed by atoms with van der Waals surface area (Å²) in [5.41, 5.74) is 2.24. The Labute approximate surface area is 192 Å². The number of nitrogens with zero attached hydrogens (tertiary/aromatic N) is 2. The van der Waals surface area contributed by atoms with Crippen LogP contribution in [0.3, 0.4) is 0 Å². The third kappa shape index (κ3) is 4.24. The lowest BCUT2D eigenvalue weighted by Gasteiger charge is -2.24. The van der Waals surface area contributed by atoms with Crippen molar-refractivity contribution in [1.29, 1.82) is 0 Å². The number of fused-ring (bicyclic) bond motifs is 1. The lowest BCUT2D eigenvalue weighted by atomic mass is 9.96. The molecular weight excluding hydrogens is 455 g/mol. The van der Waals surface area contributed by atoms with Crippen LogP contribution in [0.15, 0.2) is 69.6 Å². The Bertz CT molecular complexity index is 1350. The van der Waals surface area contributed by atoms with Gasteiger partial charge in [0.05, 0.1) is 28.5 Å². The minimum atomic E-state index is -0.653. The maximum atomic E-state index is 13.4. The molecule has 0 radical (unpaired) electrons. The number of ether oxygens (including phenoxy) is 1. The van der Waals surface area contributed by atoms with Crippen molar-refractivity contribution in [1.82, 2.24) is 4.57 Å². The van der Waals surface area contributed by atoms with Crippen molar-refractivity contribution in [3.05, 3.63) is 101 Å². The quantitative estimate of drug-likeness (QED) is 0.536. The number of aromatic nitrogens is 1. The standard InChI is InChI=1S/C23H18Cl2N2O3S/c1-3-30-22(29)19-13(2)26-23-27(20(19)15-6-10-17(25)11-7-15)21(28)18(31-23)12-14-4-8-16(24)9-5-14/h4-12,20H,3H2,1-2H3/b18-12+/t20-/m1/s1. The number of hydrogen-bond donors (Lipinski definition) is 0. The van der Waals surface area contributed by atoms with E-state index < -0.39 is 12.0 Å². The summed E-state index contributed by atoms with van der Waals surface area (Å²) in [7, 11) is 0. The van der Waals surface area contributed by atoms with Gasteiger partial charge in [0.2, 0.25) is 0 Å². The minimum Gasteiger partial charge on any atom is -0.463 e. The molecule has 0 fully saturated rings. The first-order chi connectivity index (χ1) is 14.9. The number of benzene rings is 2. The fraction of sp³-hybridized carbons (Fsp3) is 0.174. The number of allylic oxidation sites excluding steroid dienone is 1. The molecule has 1 aliphatic heterocycles. The molecular formula is C23H18Cl2N2O3S. The van der Waals surface area contributed by atoms with E-state index in [1.807, 2.05) is 12.1 Å². The third-order valence-electron chi connectivity index (χ3n) is 4.87. The molecule has 2 heterocycles. The summed E-state index contributed by atoms with van der Waals surface area (Å²) in [5, 5.41) is 1.19. The highest BCUT2D eigenvalue weighted by Crippen LogP contribution is 2.31. The number of halogens is 2. The predicted octanol–water partition coefficient (Wildman–Crippen LogP) is 4.11. The van der Waals surface area contributed by atoms with Gasteiger partial charge in [-0.1, -0.05) is 58.8 Å². The zero-order chi connectivity index (χ0) is 22.1. The summed E-state index contributed by atoms with van der Waals surface area (Å²) in [6, 6.07) is 13.6. The van der Waals surface area contributed by atoms with Gasteiger partial charge in [0.25, 0.3) is 5.56 Å². The van der Waals surface area contributed by atoms with E-state index >= 15 is 0 Å². The lowest BCUT2D eigenvalue weighted by Crippen LogP contribution is -2.39. The lowest BCUT2D eigenvalue weighted by molar-refractivity contribution is -0.139. The molecule has 0 amide bonds. The van der Waals surface area contributed by atoms with Gasteiger partial charge in [0.1, 0.15) is 0 Å². The van der Waals surface area contributed by atoms with E-state index in [2.05, 4.69) is 4.99 Å². The molecule has 0 bridgehead atoms. The van der Waals surface area contributed by atoms with Crippen LogP contribution < -0.4 is 14.9 Å². The minimum absolute atomic E-state index is 0.226. The van der Waals surface area contributed by atoms with Gasteiger partial charge in [-0.15, -0.1) is 0 Å². The van der Waals surface area contributed by atoms with E-state index in [0.717, 1.165) is 11.1 Å². The SMILES string of the molecule is CCOC(=O)C1=C(C)N=c2s/c(=C/c3ccc(Cl)cc3)c(=O)n2[C@@H]1c1ccc(Cl)cc1. The molecule has 1 aromatic heterocycles. The summed E-state index contributed by atoms with van der Waals surface area (Å²) in [5.74, 6) is -0.490. The smallest absolute Gasteiger partial charge is 0.338 e. The molecule has 0 N–H and O–H groups in total. The van der Waals surface area contributed by atoms with E-state index in [-0.39, 0.29) is 12.2 Å².